The molecular weight excluding hydrogens is 404 g/mol. The summed E-state index contributed by atoms with van der Waals surface area (Å²) in [7, 11) is 0. The highest BCUT2D eigenvalue weighted by atomic mass is 16.6. The molecule has 0 saturated heterocycles. The summed E-state index contributed by atoms with van der Waals surface area (Å²) < 4.78 is 0. The maximum absolute atomic E-state index is 11.4. The van der Waals surface area contributed by atoms with Gasteiger partial charge in [0.05, 0.1) is 5.60 Å². The molecule has 9 heteroatoms. The molecule has 0 radical (unpaired) electrons. The number of rotatable bonds is 6. The van der Waals surface area contributed by atoms with Crippen LogP contribution in [-0.2, 0) is 20.8 Å². The molecule has 4 atom stereocenters. The molecule has 0 heterocycles. The minimum atomic E-state index is -1.82. The average molecular weight is 437 g/mol. The Morgan fingerprint density at radius 1 is 1.19 bits per heavy atom. The number of nitrogens with two attached hydrogens (primary N) is 1. The topological polar surface area (TPSA) is 163 Å². The molecule has 172 valence electrons. The third-order valence-corrected chi connectivity index (χ3v) is 6.62. The zero-order valence-electron chi connectivity index (χ0n) is 17.7. The van der Waals surface area contributed by atoms with Gasteiger partial charge < -0.3 is 31.0 Å². The number of aliphatic hydroxyl groups is 1. The number of fused-ring (bicyclic) bond motifs is 1. The third kappa shape index (κ3) is 6.18. The monoisotopic (exact) mass is 436 g/mol. The van der Waals surface area contributed by atoms with Crippen molar-refractivity contribution >= 4 is 18.2 Å². The maximum Gasteiger partial charge on any atom is 0.414 e. The van der Waals surface area contributed by atoms with Crippen LogP contribution in [-0.4, -0.2) is 57.3 Å². The van der Waals surface area contributed by atoms with Crippen molar-refractivity contribution < 1.29 is 34.9 Å². The molecule has 0 amide bonds. The van der Waals surface area contributed by atoms with Gasteiger partial charge in [-0.25, -0.2) is 9.59 Å². The second kappa shape index (κ2) is 10.6. The van der Waals surface area contributed by atoms with Gasteiger partial charge in [-0.15, -0.1) is 0 Å². The van der Waals surface area contributed by atoms with Crippen LogP contribution < -0.4 is 5.73 Å². The minimum absolute atomic E-state index is 0.131. The summed E-state index contributed by atoms with van der Waals surface area (Å²) in [5, 5.41) is 39.6. The van der Waals surface area contributed by atoms with Crippen LogP contribution in [0, 0.1) is 17.3 Å². The van der Waals surface area contributed by atoms with Crippen LogP contribution in [0.15, 0.2) is 29.4 Å². The lowest BCUT2D eigenvalue weighted by molar-refractivity contribution is -0.159. The first-order valence-electron chi connectivity index (χ1n) is 10.4. The number of nitrogens with zero attached hydrogens (tertiary/aromatic N) is 1. The molecule has 9 nitrogen and oxygen atoms in total. The van der Waals surface area contributed by atoms with Gasteiger partial charge in [-0.05, 0) is 62.1 Å². The molecule has 0 unspecified atom stereocenters. The van der Waals surface area contributed by atoms with E-state index in [4.69, 9.17) is 30.4 Å². The highest BCUT2D eigenvalue weighted by molar-refractivity contribution is 6.27. The second-order valence-electron chi connectivity index (χ2n) is 8.56. The van der Waals surface area contributed by atoms with Crippen LogP contribution in [0.5, 0.6) is 5.75 Å². The van der Waals surface area contributed by atoms with Crippen molar-refractivity contribution in [3.8, 4) is 5.75 Å². The van der Waals surface area contributed by atoms with Gasteiger partial charge in [-0.1, -0.05) is 24.2 Å². The van der Waals surface area contributed by atoms with Crippen LogP contribution in [0.25, 0.3) is 0 Å². The van der Waals surface area contributed by atoms with E-state index in [2.05, 4.69) is 12.1 Å². The predicted octanol–water partition coefficient (Wildman–Crippen LogP) is 2.00. The third-order valence-electron chi connectivity index (χ3n) is 6.62. The number of hydrogen-bond donors (Lipinski definition) is 5. The first-order chi connectivity index (χ1) is 14.6. The fraction of sp³-hybridized carbons (Fsp3) is 0.591. The van der Waals surface area contributed by atoms with Crippen molar-refractivity contribution in [3.63, 3.8) is 0 Å². The van der Waals surface area contributed by atoms with E-state index in [9.17, 15) is 10.2 Å². The number of carboxylic acid groups (broad SMARTS) is 2. The molecule has 2 saturated carbocycles. The maximum atomic E-state index is 11.4. The molecule has 0 aromatic heterocycles. The van der Waals surface area contributed by atoms with Crippen molar-refractivity contribution in [2.24, 2.45) is 28.1 Å². The molecule has 3 rings (SSSR count). The zero-order valence-corrected chi connectivity index (χ0v) is 17.7. The quantitative estimate of drug-likeness (QED) is 0.196. The number of oxime groups is 1. The molecule has 2 aliphatic carbocycles. The van der Waals surface area contributed by atoms with Crippen molar-refractivity contribution in [3.05, 3.63) is 29.8 Å². The Bertz CT molecular complexity index is 771. The summed E-state index contributed by atoms with van der Waals surface area (Å²) in [5.41, 5.74) is 5.87. The van der Waals surface area contributed by atoms with Crippen molar-refractivity contribution in [1.82, 2.24) is 0 Å². The van der Waals surface area contributed by atoms with E-state index in [1.807, 2.05) is 18.3 Å². The average Bonchev–Trinajstić information content (AvgIpc) is 2.98. The Hall–Kier alpha value is -2.65. The van der Waals surface area contributed by atoms with Gasteiger partial charge in [0.15, 0.2) is 0 Å². The van der Waals surface area contributed by atoms with E-state index >= 15 is 0 Å². The van der Waals surface area contributed by atoms with E-state index in [0.717, 1.165) is 38.5 Å². The van der Waals surface area contributed by atoms with Crippen molar-refractivity contribution in [1.29, 1.82) is 0 Å². The summed E-state index contributed by atoms with van der Waals surface area (Å²) >= 11 is 0. The van der Waals surface area contributed by atoms with E-state index in [0.29, 0.717) is 24.8 Å². The molecule has 6 N–H and O–H groups in total. The van der Waals surface area contributed by atoms with Gasteiger partial charge in [0.2, 0.25) is 0 Å². The molecule has 0 aliphatic heterocycles. The van der Waals surface area contributed by atoms with E-state index in [-0.39, 0.29) is 11.3 Å². The van der Waals surface area contributed by atoms with Crippen LogP contribution >= 0.6 is 0 Å². The van der Waals surface area contributed by atoms with Crippen molar-refractivity contribution in [2.75, 3.05) is 13.2 Å². The highest BCUT2D eigenvalue weighted by Crippen LogP contribution is 2.58. The van der Waals surface area contributed by atoms with E-state index < -0.39 is 17.5 Å². The van der Waals surface area contributed by atoms with Crippen LogP contribution in [0.1, 0.15) is 44.6 Å². The Morgan fingerprint density at radius 3 is 2.42 bits per heavy atom. The van der Waals surface area contributed by atoms with Gasteiger partial charge in [0.1, 0.15) is 12.4 Å². The van der Waals surface area contributed by atoms with Gasteiger partial charge in [0, 0.05) is 24.1 Å². The number of aliphatic carboxylic acids is 2. The Balaban J connectivity index is 0.000000501. The number of hydrogen-bond acceptors (Lipinski definition) is 7. The van der Waals surface area contributed by atoms with E-state index in [1.165, 1.54) is 5.56 Å². The molecule has 0 spiro atoms. The van der Waals surface area contributed by atoms with Crippen molar-refractivity contribution in [2.45, 2.75) is 51.0 Å². The molecule has 2 aliphatic rings. The predicted molar refractivity (Wildman–Crippen MR) is 114 cm³/mol. The first-order valence-corrected chi connectivity index (χ1v) is 10.4. The Kier molecular flexibility index (Phi) is 8.41. The van der Waals surface area contributed by atoms with Gasteiger partial charge in [-0.2, -0.15) is 0 Å². The van der Waals surface area contributed by atoms with Crippen LogP contribution in [0.3, 0.4) is 0 Å². The van der Waals surface area contributed by atoms with Crippen LogP contribution in [0.2, 0.25) is 0 Å². The summed E-state index contributed by atoms with van der Waals surface area (Å²) in [4.78, 5) is 23.4. The molecule has 2 fully saturated rings. The largest absolute Gasteiger partial charge is 0.508 e. The Morgan fingerprint density at radius 2 is 1.84 bits per heavy atom. The van der Waals surface area contributed by atoms with Gasteiger partial charge in [0.25, 0.3) is 0 Å². The lowest BCUT2D eigenvalue weighted by Gasteiger charge is -2.48. The number of aromatic hydroxyl groups is 1. The number of carboxylic acids is 2. The summed E-state index contributed by atoms with van der Waals surface area (Å²) in [6.45, 7) is 3.09. The summed E-state index contributed by atoms with van der Waals surface area (Å²) in [6, 6.07) is 7.43. The summed E-state index contributed by atoms with van der Waals surface area (Å²) in [5.74, 6) is -2.62. The number of carbonyl (C=O) groups is 2. The molecule has 0 bridgehead atoms. The van der Waals surface area contributed by atoms with Crippen LogP contribution in [0.4, 0.5) is 0 Å². The fourth-order valence-corrected chi connectivity index (χ4v) is 4.78. The standard InChI is InChI=1S/C20H30N2O3.C2H2O4/c1-19-8-6-16(12-15-2-4-18(23)5-3-15)13-20(19,24)9-7-17(19)14-22-25-11-10-21;3-1(4)2(5)6/h2-5,14,16-17,23-24H,6-13,21H2,1H3;(H,3,4)(H,5,6)/b22-14+;/t16-,17-,19-,20+;/m1./s1. The lowest BCUT2D eigenvalue weighted by atomic mass is 9.59. The van der Waals surface area contributed by atoms with E-state index in [1.54, 1.807) is 12.1 Å². The summed E-state index contributed by atoms with van der Waals surface area (Å²) in [6.07, 6.45) is 7.55. The minimum Gasteiger partial charge on any atom is -0.508 e. The number of benzene rings is 1. The fourth-order valence-electron chi connectivity index (χ4n) is 4.78. The SMILES string of the molecule is C[C@]12CC[C@H](Cc3ccc(O)cc3)C[C@@]1(O)CC[C@@H]2/C=N/OCCN.O=C(O)C(=O)O. The zero-order chi connectivity index (χ0) is 23.1. The Labute approximate surface area is 181 Å². The smallest absolute Gasteiger partial charge is 0.414 e. The number of phenols is 1. The molecular formula is C22H32N2O7. The molecule has 1 aromatic rings. The van der Waals surface area contributed by atoms with Gasteiger partial charge >= 0.3 is 11.9 Å². The molecule has 31 heavy (non-hydrogen) atoms. The van der Waals surface area contributed by atoms with Gasteiger partial charge in [-0.3, -0.25) is 0 Å². The lowest BCUT2D eigenvalue weighted by Crippen LogP contribution is -2.50. The normalized spacial score (nSPS) is 29.6. The molecule has 1 aromatic carbocycles. The first kappa shape index (κ1) is 24.6. The second-order valence-corrected chi connectivity index (χ2v) is 8.56. The highest BCUT2D eigenvalue weighted by Gasteiger charge is 2.58. The number of phenolic OH excluding ortho intramolecular Hbond substituents is 1.